The minimum absolute atomic E-state index is 0.0319. The molecule has 8 heteroatoms. The molecule has 25 heavy (non-hydrogen) atoms. The van der Waals surface area contributed by atoms with Gasteiger partial charge in [-0.25, -0.2) is 0 Å². The first-order chi connectivity index (χ1) is 12.0. The molecular formula is C17H23Cl2N3O3. The highest BCUT2D eigenvalue weighted by Crippen LogP contribution is 2.25. The van der Waals surface area contributed by atoms with Gasteiger partial charge in [0.1, 0.15) is 0 Å². The molecule has 138 valence electrons. The molecule has 0 saturated carbocycles. The molecular weight excluding hydrogens is 365 g/mol. The molecule has 0 aromatic heterocycles. The zero-order valence-corrected chi connectivity index (χ0v) is 15.8. The first kappa shape index (κ1) is 20.0. The van der Waals surface area contributed by atoms with Crippen molar-refractivity contribution in [3.05, 3.63) is 28.2 Å². The molecule has 0 spiro atoms. The van der Waals surface area contributed by atoms with Gasteiger partial charge in [0.2, 0.25) is 11.8 Å². The molecule has 1 fully saturated rings. The van der Waals surface area contributed by atoms with E-state index in [1.165, 1.54) is 6.92 Å². The van der Waals surface area contributed by atoms with Crippen molar-refractivity contribution in [3.8, 4) is 0 Å². The van der Waals surface area contributed by atoms with E-state index in [2.05, 4.69) is 10.2 Å². The van der Waals surface area contributed by atoms with E-state index in [4.69, 9.17) is 27.9 Å². The number of anilines is 1. The minimum Gasteiger partial charge on any atom is -0.379 e. The van der Waals surface area contributed by atoms with E-state index < -0.39 is 0 Å². The molecule has 6 nitrogen and oxygen atoms in total. The van der Waals surface area contributed by atoms with Crippen molar-refractivity contribution in [1.29, 1.82) is 0 Å². The van der Waals surface area contributed by atoms with Crippen molar-refractivity contribution >= 4 is 40.7 Å². The van der Waals surface area contributed by atoms with Crippen molar-refractivity contribution in [2.45, 2.75) is 13.3 Å². The lowest BCUT2D eigenvalue weighted by Crippen LogP contribution is -2.43. The van der Waals surface area contributed by atoms with Crippen molar-refractivity contribution in [3.63, 3.8) is 0 Å². The maximum absolute atomic E-state index is 12.1. The fourth-order valence-electron chi connectivity index (χ4n) is 2.55. The molecule has 1 aromatic rings. The zero-order chi connectivity index (χ0) is 18.2. The van der Waals surface area contributed by atoms with Gasteiger partial charge in [-0.2, -0.15) is 0 Å². The molecule has 2 amide bonds. The minimum atomic E-state index is -0.170. The van der Waals surface area contributed by atoms with E-state index in [-0.39, 0.29) is 18.2 Å². The molecule has 0 atom stereocenters. The number of hydrogen-bond donors (Lipinski definition) is 1. The van der Waals surface area contributed by atoms with Gasteiger partial charge in [0, 0.05) is 51.8 Å². The molecule has 1 heterocycles. The molecule has 0 bridgehead atoms. The standard InChI is InChI=1S/C17H23Cl2N3O3/c1-13(23)22(7-6-21-8-10-25-11-9-21)5-4-17(24)20-14-2-3-15(18)16(19)12-14/h2-3,12H,4-11H2,1H3,(H,20,24). The first-order valence-corrected chi connectivity index (χ1v) is 9.02. The SMILES string of the molecule is CC(=O)N(CCC(=O)Nc1ccc(Cl)c(Cl)c1)CCN1CCOCC1. The van der Waals surface area contributed by atoms with Gasteiger partial charge in [-0.1, -0.05) is 23.2 Å². The molecule has 1 aromatic carbocycles. The van der Waals surface area contributed by atoms with Gasteiger partial charge in [0.25, 0.3) is 0 Å². The summed E-state index contributed by atoms with van der Waals surface area (Å²) in [6.45, 7) is 6.52. The Morgan fingerprint density at radius 1 is 1.20 bits per heavy atom. The average molecular weight is 388 g/mol. The second-order valence-corrected chi connectivity index (χ2v) is 6.70. The van der Waals surface area contributed by atoms with Crippen LogP contribution in [0.15, 0.2) is 18.2 Å². The quantitative estimate of drug-likeness (QED) is 0.780. The number of hydrogen-bond acceptors (Lipinski definition) is 4. The molecule has 1 aliphatic rings. The summed E-state index contributed by atoms with van der Waals surface area (Å²) in [6.07, 6.45) is 0.225. The average Bonchev–Trinajstić information content (AvgIpc) is 2.58. The van der Waals surface area contributed by atoms with E-state index in [1.807, 2.05) is 0 Å². The highest BCUT2D eigenvalue weighted by molar-refractivity contribution is 6.42. The van der Waals surface area contributed by atoms with Crippen molar-refractivity contribution in [1.82, 2.24) is 9.80 Å². The van der Waals surface area contributed by atoms with E-state index in [1.54, 1.807) is 23.1 Å². The molecule has 1 N–H and O–H groups in total. The Bertz CT molecular complexity index is 607. The fourth-order valence-corrected chi connectivity index (χ4v) is 2.85. The number of ether oxygens (including phenoxy) is 1. The predicted molar refractivity (Wildman–Crippen MR) is 99.2 cm³/mol. The smallest absolute Gasteiger partial charge is 0.226 e. The predicted octanol–water partition coefficient (Wildman–Crippen LogP) is 2.50. The van der Waals surface area contributed by atoms with Crippen LogP contribution in [0.3, 0.4) is 0 Å². The zero-order valence-electron chi connectivity index (χ0n) is 14.3. The lowest BCUT2D eigenvalue weighted by molar-refractivity contribution is -0.129. The van der Waals surface area contributed by atoms with Gasteiger partial charge >= 0.3 is 0 Å². The Labute approximate surface area is 158 Å². The second kappa shape index (κ2) is 9.97. The number of amides is 2. The number of halogens is 2. The maximum Gasteiger partial charge on any atom is 0.226 e. The van der Waals surface area contributed by atoms with Gasteiger partial charge in [-0.05, 0) is 18.2 Å². The first-order valence-electron chi connectivity index (χ1n) is 8.26. The lowest BCUT2D eigenvalue weighted by Gasteiger charge is -2.29. The number of rotatable bonds is 7. The summed E-state index contributed by atoms with van der Waals surface area (Å²) in [4.78, 5) is 27.8. The summed E-state index contributed by atoms with van der Waals surface area (Å²) < 4.78 is 5.31. The summed E-state index contributed by atoms with van der Waals surface area (Å²) in [7, 11) is 0. The Morgan fingerprint density at radius 2 is 1.92 bits per heavy atom. The van der Waals surface area contributed by atoms with E-state index >= 15 is 0 Å². The third-order valence-corrected chi connectivity index (χ3v) is 4.79. The van der Waals surface area contributed by atoms with Crippen LogP contribution < -0.4 is 5.32 Å². The number of nitrogens with zero attached hydrogens (tertiary/aromatic N) is 2. The van der Waals surface area contributed by atoms with Crippen molar-refractivity contribution in [2.24, 2.45) is 0 Å². The van der Waals surface area contributed by atoms with Crippen LogP contribution in [-0.4, -0.2) is 67.6 Å². The van der Waals surface area contributed by atoms with Crippen LogP contribution in [0.5, 0.6) is 0 Å². The van der Waals surface area contributed by atoms with E-state index in [0.717, 1.165) is 32.8 Å². The Hall–Kier alpha value is -1.34. The highest BCUT2D eigenvalue weighted by Gasteiger charge is 2.15. The number of nitrogens with one attached hydrogen (secondary N) is 1. The number of morpholine rings is 1. The topological polar surface area (TPSA) is 61.9 Å². The Kier molecular flexibility index (Phi) is 7.96. The summed E-state index contributed by atoms with van der Waals surface area (Å²) in [5, 5.41) is 3.58. The van der Waals surface area contributed by atoms with Gasteiger partial charge in [0.05, 0.1) is 23.3 Å². The van der Waals surface area contributed by atoms with Gasteiger partial charge < -0.3 is 15.0 Å². The molecule has 0 aliphatic carbocycles. The summed E-state index contributed by atoms with van der Waals surface area (Å²) >= 11 is 11.8. The highest BCUT2D eigenvalue weighted by atomic mass is 35.5. The molecule has 1 aliphatic heterocycles. The van der Waals surface area contributed by atoms with Crippen LogP contribution in [-0.2, 0) is 14.3 Å². The van der Waals surface area contributed by atoms with E-state index in [9.17, 15) is 9.59 Å². The van der Waals surface area contributed by atoms with Gasteiger partial charge in [-0.3, -0.25) is 14.5 Å². The second-order valence-electron chi connectivity index (χ2n) is 5.89. The fraction of sp³-hybridized carbons (Fsp3) is 0.529. The Morgan fingerprint density at radius 3 is 2.56 bits per heavy atom. The third-order valence-electron chi connectivity index (χ3n) is 4.05. The largest absolute Gasteiger partial charge is 0.379 e. The van der Waals surface area contributed by atoms with Crippen LogP contribution in [0.1, 0.15) is 13.3 Å². The normalized spacial score (nSPS) is 15.0. The third kappa shape index (κ3) is 6.82. The maximum atomic E-state index is 12.1. The molecule has 2 rings (SSSR count). The van der Waals surface area contributed by atoms with Gasteiger partial charge in [-0.15, -0.1) is 0 Å². The van der Waals surface area contributed by atoms with Crippen LogP contribution >= 0.6 is 23.2 Å². The summed E-state index contributed by atoms with van der Waals surface area (Å²) in [5.74, 6) is -0.202. The molecule has 0 unspecified atom stereocenters. The van der Waals surface area contributed by atoms with Crippen LogP contribution in [0, 0.1) is 0 Å². The van der Waals surface area contributed by atoms with Crippen LogP contribution in [0.4, 0.5) is 5.69 Å². The summed E-state index contributed by atoms with van der Waals surface area (Å²) in [6, 6.07) is 4.92. The van der Waals surface area contributed by atoms with Gasteiger partial charge in [0.15, 0.2) is 0 Å². The number of carbonyl (C=O) groups is 2. The molecule has 1 saturated heterocycles. The van der Waals surface area contributed by atoms with Crippen LogP contribution in [0.2, 0.25) is 10.0 Å². The van der Waals surface area contributed by atoms with Crippen molar-refractivity contribution in [2.75, 3.05) is 51.3 Å². The van der Waals surface area contributed by atoms with Crippen LogP contribution in [0.25, 0.3) is 0 Å². The summed E-state index contributed by atoms with van der Waals surface area (Å²) in [5.41, 5.74) is 0.585. The van der Waals surface area contributed by atoms with Crippen molar-refractivity contribution < 1.29 is 14.3 Å². The number of benzene rings is 1. The monoisotopic (exact) mass is 387 g/mol. The Balaban J connectivity index is 1.77. The molecule has 0 radical (unpaired) electrons. The van der Waals surface area contributed by atoms with E-state index in [0.29, 0.717) is 28.8 Å². The lowest BCUT2D eigenvalue weighted by atomic mass is 10.3. The number of carbonyl (C=O) groups excluding carboxylic acids is 2.